The summed E-state index contributed by atoms with van der Waals surface area (Å²) in [6.07, 6.45) is 5.17. The Morgan fingerprint density at radius 2 is 1.78 bits per heavy atom. The fourth-order valence-corrected chi connectivity index (χ4v) is 2.27. The summed E-state index contributed by atoms with van der Waals surface area (Å²) in [6, 6.07) is 10.8. The number of hydrogen-bond acceptors (Lipinski definition) is 1. The first-order valence-electron chi connectivity index (χ1n) is 7.47. The smallest absolute Gasteiger partial charge is 0.00205 e. The van der Waals surface area contributed by atoms with Crippen molar-refractivity contribution in [3.05, 3.63) is 35.9 Å². The van der Waals surface area contributed by atoms with Crippen LogP contribution in [0.3, 0.4) is 0 Å². The number of nitrogens with one attached hydrogen (secondary N) is 1. The maximum atomic E-state index is 3.58. The minimum absolute atomic E-state index is 0.756. The van der Waals surface area contributed by atoms with Gasteiger partial charge in [-0.15, -0.1) is 0 Å². The molecule has 0 spiro atoms. The molecule has 0 saturated carbocycles. The minimum atomic E-state index is 0.756. The molecule has 1 atom stereocenters. The third kappa shape index (κ3) is 6.80. The first kappa shape index (κ1) is 15.2. The fraction of sp³-hybridized carbons (Fsp3) is 0.647. The third-order valence-electron chi connectivity index (χ3n) is 3.48. The van der Waals surface area contributed by atoms with Crippen molar-refractivity contribution in [2.24, 2.45) is 11.8 Å². The molecule has 1 nitrogen and oxygen atoms in total. The minimum Gasteiger partial charge on any atom is -0.316 e. The second-order valence-corrected chi connectivity index (χ2v) is 5.70. The molecule has 1 rings (SSSR count). The third-order valence-corrected chi connectivity index (χ3v) is 3.48. The zero-order valence-corrected chi connectivity index (χ0v) is 12.3. The van der Waals surface area contributed by atoms with Crippen LogP contribution in [-0.4, -0.2) is 13.1 Å². The van der Waals surface area contributed by atoms with Crippen molar-refractivity contribution in [2.45, 2.75) is 46.5 Å². The van der Waals surface area contributed by atoms with E-state index in [0.717, 1.165) is 18.4 Å². The van der Waals surface area contributed by atoms with E-state index in [2.05, 4.69) is 56.4 Å². The van der Waals surface area contributed by atoms with Gasteiger partial charge in [0.15, 0.2) is 0 Å². The summed E-state index contributed by atoms with van der Waals surface area (Å²) in [5.41, 5.74) is 1.47. The van der Waals surface area contributed by atoms with Crippen LogP contribution in [0.15, 0.2) is 30.3 Å². The van der Waals surface area contributed by atoms with Gasteiger partial charge in [-0.05, 0) is 49.8 Å². The molecule has 0 saturated heterocycles. The predicted molar refractivity (Wildman–Crippen MR) is 80.9 cm³/mol. The van der Waals surface area contributed by atoms with Gasteiger partial charge < -0.3 is 5.32 Å². The molecule has 1 aromatic rings. The molecule has 0 aromatic heterocycles. The first-order chi connectivity index (χ1) is 8.72. The highest BCUT2D eigenvalue weighted by Gasteiger charge is 2.06. The van der Waals surface area contributed by atoms with E-state index in [1.165, 1.54) is 37.8 Å². The lowest BCUT2D eigenvalue weighted by atomic mass is 9.97. The van der Waals surface area contributed by atoms with Crippen LogP contribution in [0.5, 0.6) is 0 Å². The van der Waals surface area contributed by atoms with Gasteiger partial charge in [0, 0.05) is 0 Å². The normalized spacial score (nSPS) is 12.9. The zero-order valence-electron chi connectivity index (χ0n) is 12.3. The number of hydrogen-bond donors (Lipinski definition) is 1. The van der Waals surface area contributed by atoms with Gasteiger partial charge in [0.1, 0.15) is 0 Å². The summed E-state index contributed by atoms with van der Waals surface area (Å²) in [5.74, 6) is 1.60. The van der Waals surface area contributed by atoms with Crippen molar-refractivity contribution in [1.29, 1.82) is 0 Å². The number of benzene rings is 1. The topological polar surface area (TPSA) is 12.0 Å². The highest BCUT2D eigenvalue weighted by Crippen LogP contribution is 2.13. The lowest BCUT2D eigenvalue weighted by Gasteiger charge is -2.16. The lowest BCUT2D eigenvalue weighted by molar-refractivity contribution is 0.407. The Balaban J connectivity index is 2.15. The molecule has 0 amide bonds. The number of aryl methyl sites for hydroxylation is 1. The molecule has 0 aliphatic rings. The lowest BCUT2D eigenvalue weighted by Crippen LogP contribution is -2.26. The van der Waals surface area contributed by atoms with Crippen LogP contribution in [0.1, 0.15) is 45.6 Å². The average Bonchev–Trinajstić information content (AvgIpc) is 2.38. The summed E-state index contributed by atoms with van der Waals surface area (Å²) in [6.45, 7) is 9.18. The van der Waals surface area contributed by atoms with Crippen LogP contribution >= 0.6 is 0 Å². The van der Waals surface area contributed by atoms with Gasteiger partial charge in [0.25, 0.3) is 0 Å². The molecule has 102 valence electrons. The molecule has 0 bridgehead atoms. The van der Waals surface area contributed by atoms with Crippen molar-refractivity contribution in [1.82, 2.24) is 5.32 Å². The monoisotopic (exact) mass is 247 g/mol. The summed E-state index contributed by atoms with van der Waals surface area (Å²) in [4.78, 5) is 0. The first-order valence-corrected chi connectivity index (χ1v) is 7.47. The highest BCUT2D eigenvalue weighted by atomic mass is 14.9. The number of rotatable bonds is 9. The van der Waals surface area contributed by atoms with E-state index in [1.807, 2.05) is 0 Å². The SMILES string of the molecule is CCC(CCCc1ccccc1)CNCC(C)C. The van der Waals surface area contributed by atoms with E-state index in [1.54, 1.807) is 0 Å². The van der Waals surface area contributed by atoms with Crippen LogP contribution in [0.2, 0.25) is 0 Å². The van der Waals surface area contributed by atoms with Gasteiger partial charge in [-0.1, -0.05) is 57.5 Å². The van der Waals surface area contributed by atoms with E-state index >= 15 is 0 Å². The van der Waals surface area contributed by atoms with Crippen LogP contribution in [0.4, 0.5) is 0 Å². The Morgan fingerprint density at radius 3 is 2.39 bits per heavy atom. The second-order valence-electron chi connectivity index (χ2n) is 5.70. The van der Waals surface area contributed by atoms with Gasteiger partial charge in [0.2, 0.25) is 0 Å². The van der Waals surface area contributed by atoms with Crippen LogP contribution in [-0.2, 0) is 6.42 Å². The Labute approximate surface area is 113 Å². The Morgan fingerprint density at radius 1 is 1.06 bits per heavy atom. The molecule has 0 aliphatic heterocycles. The zero-order chi connectivity index (χ0) is 13.2. The van der Waals surface area contributed by atoms with Gasteiger partial charge >= 0.3 is 0 Å². The van der Waals surface area contributed by atoms with E-state index < -0.39 is 0 Å². The average molecular weight is 247 g/mol. The molecule has 0 radical (unpaired) electrons. The van der Waals surface area contributed by atoms with E-state index in [0.29, 0.717) is 0 Å². The van der Waals surface area contributed by atoms with E-state index in [-0.39, 0.29) is 0 Å². The highest BCUT2D eigenvalue weighted by molar-refractivity contribution is 5.14. The molecular formula is C17H29N. The van der Waals surface area contributed by atoms with Crippen molar-refractivity contribution >= 4 is 0 Å². The molecule has 0 heterocycles. The quantitative estimate of drug-likeness (QED) is 0.687. The second kappa shape index (κ2) is 9.16. The summed E-state index contributed by atoms with van der Waals surface area (Å²) >= 11 is 0. The van der Waals surface area contributed by atoms with Crippen LogP contribution in [0, 0.1) is 11.8 Å². The largest absolute Gasteiger partial charge is 0.316 e. The summed E-state index contributed by atoms with van der Waals surface area (Å²) in [5, 5.41) is 3.58. The van der Waals surface area contributed by atoms with Gasteiger partial charge in [-0.2, -0.15) is 0 Å². The van der Waals surface area contributed by atoms with Crippen molar-refractivity contribution in [2.75, 3.05) is 13.1 Å². The van der Waals surface area contributed by atoms with Crippen molar-refractivity contribution < 1.29 is 0 Å². The summed E-state index contributed by atoms with van der Waals surface area (Å²) < 4.78 is 0. The van der Waals surface area contributed by atoms with E-state index in [4.69, 9.17) is 0 Å². The molecule has 1 heteroatoms. The van der Waals surface area contributed by atoms with Gasteiger partial charge in [-0.25, -0.2) is 0 Å². The van der Waals surface area contributed by atoms with E-state index in [9.17, 15) is 0 Å². The Hall–Kier alpha value is -0.820. The molecule has 1 unspecified atom stereocenters. The fourth-order valence-electron chi connectivity index (χ4n) is 2.27. The molecule has 1 aromatic carbocycles. The molecule has 18 heavy (non-hydrogen) atoms. The molecule has 1 N–H and O–H groups in total. The summed E-state index contributed by atoms with van der Waals surface area (Å²) in [7, 11) is 0. The Bertz CT molecular complexity index is 292. The van der Waals surface area contributed by atoms with Gasteiger partial charge in [0.05, 0.1) is 0 Å². The maximum absolute atomic E-state index is 3.58. The van der Waals surface area contributed by atoms with Gasteiger partial charge in [-0.3, -0.25) is 0 Å². The molecule has 0 fully saturated rings. The Kier molecular flexibility index (Phi) is 7.75. The molecular weight excluding hydrogens is 218 g/mol. The van der Waals surface area contributed by atoms with Crippen LogP contribution in [0.25, 0.3) is 0 Å². The van der Waals surface area contributed by atoms with Crippen molar-refractivity contribution in [3.8, 4) is 0 Å². The maximum Gasteiger partial charge on any atom is -0.00205 e. The van der Waals surface area contributed by atoms with Crippen molar-refractivity contribution in [3.63, 3.8) is 0 Å². The predicted octanol–water partition coefficient (Wildman–Crippen LogP) is 4.28. The van der Waals surface area contributed by atoms with Crippen LogP contribution < -0.4 is 5.32 Å². The molecule has 0 aliphatic carbocycles. The standard InChI is InChI=1S/C17H29N/c1-4-16(14-18-13-15(2)3)11-8-12-17-9-6-5-7-10-17/h5-7,9-10,15-16,18H,4,8,11-14H2,1-3H3.